The summed E-state index contributed by atoms with van der Waals surface area (Å²) >= 11 is 0. The Balaban J connectivity index is 2.18. The van der Waals surface area contributed by atoms with Crippen LogP contribution in [-0.2, 0) is 18.4 Å². The molecule has 1 heterocycles. The summed E-state index contributed by atoms with van der Waals surface area (Å²) in [7, 11) is 1.94. The molecule has 0 aliphatic carbocycles. The largest absolute Gasteiger partial charge is 0.353 e. The van der Waals surface area contributed by atoms with E-state index in [9.17, 15) is 14.0 Å². The van der Waals surface area contributed by atoms with Gasteiger partial charge in [-0.1, -0.05) is 32.9 Å². The zero-order chi connectivity index (χ0) is 20.7. The van der Waals surface area contributed by atoms with E-state index in [-0.39, 0.29) is 18.0 Å². The maximum atomic E-state index is 14.1. The van der Waals surface area contributed by atoms with Gasteiger partial charge in [-0.3, -0.25) is 9.59 Å². The molecule has 0 unspecified atom stereocenters. The molecule has 2 amide bonds. The van der Waals surface area contributed by atoms with Gasteiger partial charge in [-0.05, 0) is 36.6 Å². The molecule has 0 saturated heterocycles. The Morgan fingerprint density at radius 3 is 2.39 bits per heavy atom. The average Bonchev–Trinajstić information content (AvgIpc) is 3.05. The first-order chi connectivity index (χ1) is 13.3. The van der Waals surface area contributed by atoms with E-state index in [1.54, 1.807) is 17.0 Å². The molecule has 6 heteroatoms. The van der Waals surface area contributed by atoms with Crippen molar-refractivity contribution < 1.29 is 14.0 Å². The first kappa shape index (κ1) is 21.7. The SMILES string of the molecule is CCCN(CC(=O)N(Cc1cccn1C)CC(C)C)C(=O)c1ccccc1F. The van der Waals surface area contributed by atoms with E-state index in [2.05, 4.69) is 13.8 Å². The Labute approximate surface area is 166 Å². The van der Waals surface area contributed by atoms with Crippen LogP contribution in [0.4, 0.5) is 4.39 Å². The molecular formula is C22H30FN3O2. The number of aromatic nitrogens is 1. The van der Waals surface area contributed by atoms with Crippen LogP contribution in [0, 0.1) is 11.7 Å². The highest BCUT2D eigenvalue weighted by Crippen LogP contribution is 2.13. The molecule has 0 fully saturated rings. The lowest BCUT2D eigenvalue weighted by atomic mass is 10.1. The smallest absolute Gasteiger partial charge is 0.257 e. The number of carbonyl (C=O) groups excluding carboxylic acids is 2. The lowest BCUT2D eigenvalue weighted by Crippen LogP contribution is -2.44. The van der Waals surface area contributed by atoms with Crippen LogP contribution < -0.4 is 0 Å². The zero-order valence-electron chi connectivity index (χ0n) is 17.2. The van der Waals surface area contributed by atoms with E-state index >= 15 is 0 Å². The first-order valence-corrected chi connectivity index (χ1v) is 9.75. The Morgan fingerprint density at radius 2 is 1.82 bits per heavy atom. The summed E-state index contributed by atoms with van der Waals surface area (Å²) in [5, 5.41) is 0. The van der Waals surface area contributed by atoms with E-state index in [4.69, 9.17) is 0 Å². The molecule has 0 spiro atoms. The van der Waals surface area contributed by atoms with Crippen LogP contribution in [0.15, 0.2) is 42.6 Å². The predicted molar refractivity (Wildman–Crippen MR) is 108 cm³/mol. The molecule has 28 heavy (non-hydrogen) atoms. The van der Waals surface area contributed by atoms with Gasteiger partial charge in [0.15, 0.2) is 0 Å². The fourth-order valence-corrected chi connectivity index (χ4v) is 3.14. The molecule has 0 saturated carbocycles. The minimum Gasteiger partial charge on any atom is -0.353 e. The van der Waals surface area contributed by atoms with E-state index in [0.717, 1.165) is 5.69 Å². The maximum Gasteiger partial charge on any atom is 0.257 e. The number of halogens is 1. The van der Waals surface area contributed by atoms with Crippen molar-refractivity contribution in [1.29, 1.82) is 0 Å². The molecule has 152 valence electrons. The molecule has 0 radical (unpaired) electrons. The van der Waals surface area contributed by atoms with Crippen LogP contribution in [0.2, 0.25) is 0 Å². The number of hydrogen-bond donors (Lipinski definition) is 0. The molecule has 5 nitrogen and oxygen atoms in total. The standard InChI is InChI=1S/C22H30FN3O2/c1-5-12-25(22(28)19-10-6-7-11-20(19)23)16-21(27)26(14-17(2)3)15-18-9-8-13-24(18)4/h6-11,13,17H,5,12,14-16H2,1-4H3. The second-order valence-corrected chi connectivity index (χ2v) is 7.49. The van der Waals surface area contributed by atoms with Gasteiger partial charge in [0.25, 0.3) is 5.91 Å². The molecule has 0 bridgehead atoms. The second-order valence-electron chi connectivity index (χ2n) is 7.49. The third-order valence-electron chi connectivity index (χ3n) is 4.55. The summed E-state index contributed by atoms with van der Waals surface area (Å²) < 4.78 is 16.0. The van der Waals surface area contributed by atoms with Gasteiger partial charge >= 0.3 is 0 Å². The monoisotopic (exact) mass is 387 g/mol. The summed E-state index contributed by atoms with van der Waals surface area (Å²) in [6.45, 7) is 7.46. The highest BCUT2D eigenvalue weighted by atomic mass is 19.1. The van der Waals surface area contributed by atoms with Crippen LogP contribution >= 0.6 is 0 Å². The summed E-state index contributed by atoms with van der Waals surface area (Å²) in [4.78, 5) is 29.1. The quantitative estimate of drug-likeness (QED) is 0.659. The first-order valence-electron chi connectivity index (χ1n) is 9.75. The Bertz CT molecular complexity index is 801. The zero-order valence-corrected chi connectivity index (χ0v) is 17.2. The van der Waals surface area contributed by atoms with Gasteiger partial charge < -0.3 is 14.4 Å². The molecule has 0 aliphatic rings. The Hall–Kier alpha value is -2.63. The van der Waals surface area contributed by atoms with E-state index in [0.29, 0.717) is 32.0 Å². The fraction of sp³-hybridized carbons (Fsp3) is 0.455. The van der Waals surface area contributed by atoms with Crippen LogP contribution in [0.3, 0.4) is 0 Å². The van der Waals surface area contributed by atoms with Crippen molar-refractivity contribution in [3.8, 4) is 0 Å². The molecule has 2 aromatic rings. The van der Waals surface area contributed by atoms with Crippen LogP contribution in [-0.4, -0.2) is 45.8 Å². The number of nitrogens with zero attached hydrogens (tertiary/aromatic N) is 3. The number of amides is 2. The van der Waals surface area contributed by atoms with Crippen molar-refractivity contribution in [2.45, 2.75) is 33.7 Å². The van der Waals surface area contributed by atoms with Crippen molar-refractivity contribution in [3.63, 3.8) is 0 Å². The lowest BCUT2D eigenvalue weighted by molar-refractivity contribution is -0.133. The predicted octanol–water partition coefficient (Wildman–Crippen LogP) is 3.70. The molecule has 1 aromatic carbocycles. The number of rotatable bonds is 9. The molecular weight excluding hydrogens is 357 g/mol. The highest BCUT2D eigenvalue weighted by molar-refractivity contribution is 5.96. The van der Waals surface area contributed by atoms with Gasteiger partial charge in [-0.2, -0.15) is 0 Å². The van der Waals surface area contributed by atoms with Gasteiger partial charge in [-0.25, -0.2) is 4.39 Å². The normalized spacial score (nSPS) is 10.9. The van der Waals surface area contributed by atoms with Gasteiger partial charge in [-0.15, -0.1) is 0 Å². The van der Waals surface area contributed by atoms with E-state index < -0.39 is 11.7 Å². The molecule has 2 rings (SSSR count). The average molecular weight is 387 g/mol. The van der Waals surface area contributed by atoms with Crippen LogP contribution in [0.5, 0.6) is 0 Å². The number of benzene rings is 1. The highest BCUT2D eigenvalue weighted by Gasteiger charge is 2.24. The molecule has 0 N–H and O–H groups in total. The van der Waals surface area contributed by atoms with Gasteiger partial charge in [0.2, 0.25) is 5.91 Å². The number of hydrogen-bond acceptors (Lipinski definition) is 2. The number of aryl methyl sites for hydroxylation is 1. The van der Waals surface area contributed by atoms with Crippen LogP contribution in [0.1, 0.15) is 43.2 Å². The molecule has 1 aromatic heterocycles. The van der Waals surface area contributed by atoms with Gasteiger partial charge in [0.1, 0.15) is 12.4 Å². The summed E-state index contributed by atoms with van der Waals surface area (Å²) in [5.74, 6) is -0.847. The van der Waals surface area contributed by atoms with Gasteiger partial charge in [0.05, 0.1) is 12.1 Å². The van der Waals surface area contributed by atoms with Gasteiger partial charge in [0, 0.05) is 32.0 Å². The minimum absolute atomic E-state index is 0.00148. The fourth-order valence-electron chi connectivity index (χ4n) is 3.14. The van der Waals surface area contributed by atoms with Crippen molar-refractivity contribution >= 4 is 11.8 Å². The van der Waals surface area contributed by atoms with Crippen molar-refractivity contribution in [3.05, 3.63) is 59.7 Å². The van der Waals surface area contributed by atoms with E-state index in [1.165, 1.54) is 17.0 Å². The lowest BCUT2D eigenvalue weighted by Gasteiger charge is -2.29. The third kappa shape index (κ3) is 5.68. The topological polar surface area (TPSA) is 45.6 Å². The molecule has 0 atom stereocenters. The second kappa shape index (κ2) is 10.1. The minimum atomic E-state index is -0.566. The maximum absolute atomic E-state index is 14.1. The van der Waals surface area contributed by atoms with Crippen molar-refractivity contribution in [2.75, 3.05) is 19.6 Å². The Morgan fingerprint density at radius 1 is 1.11 bits per heavy atom. The van der Waals surface area contributed by atoms with Crippen LogP contribution in [0.25, 0.3) is 0 Å². The van der Waals surface area contributed by atoms with Crippen molar-refractivity contribution in [2.24, 2.45) is 13.0 Å². The summed E-state index contributed by atoms with van der Waals surface area (Å²) in [6.07, 6.45) is 2.63. The summed E-state index contributed by atoms with van der Waals surface area (Å²) in [5.41, 5.74) is 1.03. The Kier molecular flexibility index (Phi) is 7.79. The molecule has 0 aliphatic heterocycles. The van der Waals surface area contributed by atoms with Crippen molar-refractivity contribution in [1.82, 2.24) is 14.4 Å². The third-order valence-corrected chi connectivity index (χ3v) is 4.55. The summed E-state index contributed by atoms with van der Waals surface area (Å²) in [6, 6.07) is 9.82. The van der Waals surface area contributed by atoms with E-state index in [1.807, 2.05) is 36.9 Å². The number of carbonyl (C=O) groups is 2.